The molecule has 0 radical (unpaired) electrons. The lowest BCUT2D eigenvalue weighted by molar-refractivity contribution is -0.151. The maximum Gasteiger partial charge on any atom is 0.333 e. The monoisotopic (exact) mass is 502 g/mol. The molecule has 0 fully saturated rings. The number of rotatable bonds is 14. The van der Waals surface area contributed by atoms with E-state index in [4.69, 9.17) is 4.74 Å². The number of nitrogens with zero attached hydrogens (tertiary/aromatic N) is 1. The Morgan fingerprint density at radius 3 is 2.24 bits per heavy atom. The van der Waals surface area contributed by atoms with Crippen LogP contribution in [0.25, 0.3) is 11.1 Å². The Kier molecular flexibility index (Phi) is 11.2. The second kappa shape index (κ2) is 14.8. The number of benzene rings is 3. The molecule has 0 aromatic heterocycles. The molecule has 3 rings (SSSR count). The smallest absolute Gasteiger partial charge is 0.333 e. The minimum absolute atomic E-state index is 0.140. The number of aliphatic carboxylic acids is 1. The van der Waals surface area contributed by atoms with Crippen LogP contribution in [-0.2, 0) is 22.6 Å². The fraction of sp³-hybridized carbons (Fsp3) is 0.355. The van der Waals surface area contributed by atoms with Gasteiger partial charge in [-0.1, -0.05) is 105 Å². The summed E-state index contributed by atoms with van der Waals surface area (Å²) in [6.07, 6.45) is 4.68. The van der Waals surface area contributed by atoms with Crippen molar-refractivity contribution in [2.45, 2.75) is 58.2 Å². The van der Waals surface area contributed by atoms with Crippen molar-refractivity contribution in [2.24, 2.45) is 0 Å². The molecule has 3 aromatic carbocycles. The van der Waals surface area contributed by atoms with Crippen LogP contribution in [0.3, 0.4) is 0 Å². The lowest BCUT2D eigenvalue weighted by Crippen LogP contribution is -2.38. The Labute approximate surface area is 220 Å². The van der Waals surface area contributed by atoms with Gasteiger partial charge in [-0.3, -0.25) is 4.90 Å². The summed E-state index contributed by atoms with van der Waals surface area (Å²) < 4.78 is 5.80. The first-order valence-electron chi connectivity index (χ1n) is 13.1. The summed E-state index contributed by atoms with van der Waals surface area (Å²) in [7, 11) is 1.72. The van der Waals surface area contributed by atoms with E-state index in [-0.39, 0.29) is 19.1 Å². The SMILES string of the molecule is CCCCCCCNC(=O)N(C)c1cc(-c2ccccc2)ccc1CC(OCc1ccccc1)C(=O)O. The highest BCUT2D eigenvalue weighted by atomic mass is 16.5. The van der Waals surface area contributed by atoms with Gasteiger partial charge in [0, 0.05) is 25.7 Å². The third-order valence-corrected chi connectivity index (χ3v) is 6.39. The highest BCUT2D eigenvalue weighted by Crippen LogP contribution is 2.29. The third-order valence-electron chi connectivity index (χ3n) is 6.39. The number of hydrogen-bond donors (Lipinski definition) is 2. The number of hydrogen-bond acceptors (Lipinski definition) is 3. The summed E-state index contributed by atoms with van der Waals surface area (Å²) in [4.78, 5) is 26.7. The Bertz CT molecular complexity index is 1120. The molecule has 0 aliphatic rings. The van der Waals surface area contributed by atoms with Crippen molar-refractivity contribution in [2.75, 3.05) is 18.5 Å². The van der Waals surface area contributed by atoms with Gasteiger partial charge in [0.15, 0.2) is 6.10 Å². The van der Waals surface area contributed by atoms with Crippen molar-refractivity contribution >= 4 is 17.7 Å². The van der Waals surface area contributed by atoms with Gasteiger partial charge in [-0.25, -0.2) is 9.59 Å². The van der Waals surface area contributed by atoms with Gasteiger partial charge in [0.2, 0.25) is 0 Å². The molecule has 196 valence electrons. The van der Waals surface area contributed by atoms with E-state index in [1.807, 2.05) is 78.9 Å². The van der Waals surface area contributed by atoms with E-state index in [2.05, 4.69) is 12.2 Å². The van der Waals surface area contributed by atoms with Gasteiger partial charge in [0.1, 0.15) is 0 Å². The van der Waals surface area contributed by atoms with Gasteiger partial charge in [-0.05, 0) is 34.7 Å². The molecule has 2 N–H and O–H groups in total. The lowest BCUT2D eigenvalue weighted by Gasteiger charge is -2.24. The topological polar surface area (TPSA) is 78.9 Å². The second-order valence-electron chi connectivity index (χ2n) is 9.24. The van der Waals surface area contributed by atoms with Crippen LogP contribution >= 0.6 is 0 Å². The van der Waals surface area contributed by atoms with Crippen LogP contribution in [0.4, 0.5) is 10.5 Å². The number of carboxylic acids is 1. The van der Waals surface area contributed by atoms with Crippen LogP contribution in [0, 0.1) is 0 Å². The lowest BCUT2D eigenvalue weighted by atomic mass is 9.98. The molecule has 0 aliphatic carbocycles. The molecule has 0 bridgehead atoms. The maximum absolute atomic E-state index is 13.0. The van der Waals surface area contributed by atoms with Gasteiger partial charge in [-0.15, -0.1) is 0 Å². The first-order valence-corrected chi connectivity index (χ1v) is 13.1. The number of ether oxygens (including phenoxy) is 1. The largest absolute Gasteiger partial charge is 0.479 e. The third kappa shape index (κ3) is 8.76. The first-order chi connectivity index (χ1) is 18.0. The molecule has 37 heavy (non-hydrogen) atoms. The van der Waals surface area contributed by atoms with E-state index in [1.54, 1.807) is 11.9 Å². The summed E-state index contributed by atoms with van der Waals surface area (Å²) in [5, 5.41) is 12.9. The molecule has 3 aromatic rings. The summed E-state index contributed by atoms with van der Waals surface area (Å²) in [5.41, 5.74) is 4.29. The van der Waals surface area contributed by atoms with E-state index in [9.17, 15) is 14.7 Å². The van der Waals surface area contributed by atoms with Gasteiger partial charge in [0.25, 0.3) is 0 Å². The highest BCUT2D eigenvalue weighted by Gasteiger charge is 2.23. The van der Waals surface area contributed by atoms with Crippen molar-refractivity contribution in [3.8, 4) is 11.1 Å². The fourth-order valence-corrected chi connectivity index (χ4v) is 4.20. The van der Waals surface area contributed by atoms with E-state index in [0.29, 0.717) is 12.2 Å². The fourth-order valence-electron chi connectivity index (χ4n) is 4.20. The van der Waals surface area contributed by atoms with E-state index < -0.39 is 12.1 Å². The van der Waals surface area contributed by atoms with Gasteiger partial charge in [0.05, 0.1) is 6.61 Å². The number of carboxylic acid groups (broad SMARTS) is 1. The van der Waals surface area contributed by atoms with Crippen LogP contribution in [-0.4, -0.2) is 36.8 Å². The van der Waals surface area contributed by atoms with Crippen molar-refractivity contribution in [1.29, 1.82) is 0 Å². The Morgan fingerprint density at radius 1 is 0.892 bits per heavy atom. The van der Waals surface area contributed by atoms with E-state index >= 15 is 0 Å². The Morgan fingerprint density at radius 2 is 1.57 bits per heavy atom. The zero-order chi connectivity index (χ0) is 26.5. The van der Waals surface area contributed by atoms with Gasteiger partial charge < -0.3 is 15.2 Å². The number of urea groups is 1. The molecule has 6 heteroatoms. The molecular formula is C31H38N2O4. The normalized spacial score (nSPS) is 11.6. The number of unbranched alkanes of at least 4 members (excludes halogenated alkanes) is 4. The number of anilines is 1. The minimum Gasteiger partial charge on any atom is -0.479 e. The molecule has 1 unspecified atom stereocenters. The number of amides is 2. The Hall–Kier alpha value is -3.64. The quantitative estimate of drug-likeness (QED) is 0.241. The highest BCUT2D eigenvalue weighted by molar-refractivity contribution is 5.93. The summed E-state index contributed by atoms with van der Waals surface area (Å²) in [5.74, 6) is -1.03. The molecule has 2 amide bonds. The van der Waals surface area contributed by atoms with Crippen LogP contribution in [0.15, 0.2) is 78.9 Å². The molecule has 1 atom stereocenters. The van der Waals surface area contributed by atoms with Gasteiger partial charge >= 0.3 is 12.0 Å². The standard InChI is InChI=1S/C31H38N2O4/c1-3-4-5-6-13-20-32-31(36)33(2)28-21-26(25-16-11-8-12-17-25)18-19-27(28)22-29(30(34)35)37-23-24-14-9-7-10-15-24/h7-12,14-19,21,29H,3-6,13,20,22-23H2,1-2H3,(H,32,36)(H,34,35). The zero-order valence-electron chi connectivity index (χ0n) is 21.9. The van der Waals surface area contributed by atoms with Crippen molar-refractivity contribution in [1.82, 2.24) is 5.32 Å². The number of carbonyl (C=O) groups is 2. The van der Waals surface area contributed by atoms with Gasteiger partial charge in [-0.2, -0.15) is 0 Å². The number of carbonyl (C=O) groups excluding carboxylic acids is 1. The number of nitrogens with one attached hydrogen (secondary N) is 1. The zero-order valence-corrected chi connectivity index (χ0v) is 21.9. The van der Waals surface area contributed by atoms with E-state index in [0.717, 1.165) is 35.1 Å². The average Bonchev–Trinajstić information content (AvgIpc) is 2.93. The summed E-state index contributed by atoms with van der Waals surface area (Å²) >= 11 is 0. The predicted octanol–water partition coefficient (Wildman–Crippen LogP) is 6.68. The molecule has 0 saturated heterocycles. The summed E-state index contributed by atoms with van der Waals surface area (Å²) in [6, 6.07) is 25.0. The first kappa shape index (κ1) is 27.9. The van der Waals surface area contributed by atoms with Crippen LogP contribution in [0.1, 0.15) is 50.2 Å². The average molecular weight is 503 g/mol. The minimum atomic E-state index is -1.04. The second-order valence-corrected chi connectivity index (χ2v) is 9.24. The molecule has 0 aliphatic heterocycles. The molecule has 0 saturated carbocycles. The molecule has 0 heterocycles. The van der Waals surface area contributed by atoms with Crippen molar-refractivity contribution in [3.05, 3.63) is 90.0 Å². The van der Waals surface area contributed by atoms with Crippen LogP contribution in [0.2, 0.25) is 0 Å². The van der Waals surface area contributed by atoms with Crippen molar-refractivity contribution in [3.63, 3.8) is 0 Å². The van der Waals surface area contributed by atoms with Crippen molar-refractivity contribution < 1.29 is 19.4 Å². The molecule has 6 nitrogen and oxygen atoms in total. The molecular weight excluding hydrogens is 464 g/mol. The van der Waals surface area contributed by atoms with E-state index in [1.165, 1.54) is 19.3 Å². The Balaban J connectivity index is 1.79. The van der Waals surface area contributed by atoms with Crippen LogP contribution < -0.4 is 10.2 Å². The van der Waals surface area contributed by atoms with Crippen LogP contribution in [0.5, 0.6) is 0 Å². The predicted molar refractivity (Wildman–Crippen MR) is 149 cm³/mol. The maximum atomic E-state index is 13.0. The summed E-state index contributed by atoms with van der Waals surface area (Å²) in [6.45, 7) is 2.99. The molecule has 0 spiro atoms.